The average molecular weight is 344 g/mol. The summed E-state index contributed by atoms with van der Waals surface area (Å²) in [7, 11) is -2.47. The SMILES string of the molecule is CO/N=[N+](\[O-])CC(=O)NC(C)CNS(=O)(=O)c1ccc(C)cc1. The van der Waals surface area contributed by atoms with Gasteiger partial charge < -0.3 is 15.4 Å². The fourth-order valence-corrected chi connectivity index (χ4v) is 2.78. The van der Waals surface area contributed by atoms with E-state index in [1.54, 1.807) is 19.1 Å². The van der Waals surface area contributed by atoms with E-state index in [-0.39, 0.29) is 16.3 Å². The molecule has 23 heavy (non-hydrogen) atoms. The van der Waals surface area contributed by atoms with Crippen LogP contribution in [0.25, 0.3) is 0 Å². The molecule has 1 atom stereocenters. The summed E-state index contributed by atoms with van der Waals surface area (Å²) >= 11 is 0. The van der Waals surface area contributed by atoms with Crippen LogP contribution in [0.5, 0.6) is 0 Å². The van der Waals surface area contributed by atoms with Crippen molar-refractivity contribution >= 4 is 15.9 Å². The van der Waals surface area contributed by atoms with Crippen LogP contribution in [0.2, 0.25) is 0 Å². The number of carbonyl (C=O) groups is 1. The summed E-state index contributed by atoms with van der Waals surface area (Å²) in [5, 5.41) is 16.5. The number of benzene rings is 1. The fourth-order valence-electron chi connectivity index (χ4n) is 1.65. The lowest BCUT2D eigenvalue weighted by molar-refractivity contribution is -0.546. The number of hydroxylamine groups is 1. The van der Waals surface area contributed by atoms with Crippen molar-refractivity contribution in [3.05, 3.63) is 35.0 Å². The second-order valence-electron chi connectivity index (χ2n) is 4.91. The summed E-state index contributed by atoms with van der Waals surface area (Å²) in [6.45, 7) is 2.92. The Hall–Kier alpha value is -2.20. The van der Waals surface area contributed by atoms with E-state index in [1.165, 1.54) is 19.2 Å². The van der Waals surface area contributed by atoms with E-state index in [2.05, 4.69) is 20.2 Å². The summed E-state index contributed by atoms with van der Waals surface area (Å²) in [6.07, 6.45) is 0. The summed E-state index contributed by atoms with van der Waals surface area (Å²) in [4.78, 5) is 16.0. The molecule has 2 N–H and O–H groups in total. The van der Waals surface area contributed by atoms with Crippen molar-refractivity contribution in [3.8, 4) is 0 Å². The Labute approximate surface area is 134 Å². The molecule has 10 heteroatoms. The summed E-state index contributed by atoms with van der Waals surface area (Å²) in [5.41, 5.74) is 0.952. The van der Waals surface area contributed by atoms with Gasteiger partial charge in [0.05, 0.1) is 4.90 Å². The number of hydrogen-bond donors (Lipinski definition) is 2. The van der Waals surface area contributed by atoms with Crippen LogP contribution in [0.3, 0.4) is 0 Å². The smallest absolute Gasteiger partial charge is 0.289 e. The molecule has 0 saturated heterocycles. The normalized spacial score (nSPS) is 13.4. The third kappa shape index (κ3) is 6.61. The highest BCUT2D eigenvalue weighted by atomic mass is 32.2. The highest BCUT2D eigenvalue weighted by Gasteiger charge is 2.17. The highest BCUT2D eigenvalue weighted by molar-refractivity contribution is 7.89. The molecule has 0 spiro atoms. The molecule has 1 amide bonds. The van der Waals surface area contributed by atoms with Crippen molar-refractivity contribution in [1.82, 2.24) is 10.0 Å². The van der Waals surface area contributed by atoms with E-state index in [0.29, 0.717) is 0 Å². The first-order valence-corrected chi connectivity index (χ1v) is 8.27. The van der Waals surface area contributed by atoms with Crippen molar-refractivity contribution in [2.75, 3.05) is 20.2 Å². The molecule has 1 aromatic rings. The summed E-state index contributed by atoms with van der Waals surface area (Å²) in [6, 6.07) is 5.90. The summed E-state index contributed by atoms with van der Waals surface area (Å²) < 4.78 is 26.6. The Balaban J connectivity index is 2.52. The second kappa shape index (κ2) is 8.44. The monoisotopic (exact) mass is 344 g/mol. The molecule has 1 rings (SSSR count). The van der Waals surface area contributed by atoms with E-state index in [4.69, 9.17) is 0 Å². The van der Waals surface area contributed by atoms with E-state index < -0.39 is 28.5 Å². The Kier molecular flexibility index (Phi) is 6.91. The van der Waals surface area contributed by atoms with Crippen molar-refractivity contribution in [3.63, 3.8) is 0 Å². The van der Waals surface area contributed by atoms with Crippen molar-refractivity contribution in [2.45, 2.75) is 24.8 Å². The van der Waals surface area contributed by atoms with Gasteiger partial charge in [-0.3, -0.25) is 4.79 Å². The minimum Gasteiger partial charge on any atom is -0.597 e. The van der Waals surface area contributed by atoms with E-state index in [0.717, 1.165) is 5.56 Å². The molecule has 1 aromatic carbocycles. The summed E-state index contributed by atoms with van der Waals surface area (Å²) in [5.74, 6) is -0.595. The first-order valence-electron chi connectivity index (χ1n) is 6.79. The lowest BCUT2D eigenvalue weighted by Gasteiger charge is -2.14. The first kappa shape index (κ1) is 18.8. The molecule has 0 aliphatic heterocycles. The van der Waals surface area contributed by atoms with Crippen LogP contribution in [-0.4, -0.2) is 45.4 Å². The minimum absolute atomic E-state index is 0.0117. The van der Waals surface area contributed by atoms with Gasteiger partial charge in [0.25, 0.3) is 12.5 Å². The maximum absolute atomic E-state index is 12.1. The van der Waals surface area contributed by atoms with Crippen LogP contribution in [0.15, 0.2) is 34.4 Å². The van der Waals surface area contributed by atoms with Gasteiger partial charge in [0, 0.05) is 12.6 Å². The molecule has 128 valence electrons. The molecule has 0 saturated carbocycles. The van der Waals surface area contributed by atoms with Gasteiger partial charge in [0.15, 0.2) is 5.28 Å². The van der Waals surface area contributed by atoms with Crippen molar-refractivity contribution in [1.29, 1.82) is 0 Å². The Bertz CT molecular complexity index is 657. The molecule has 0 heterocycles. The number of sulfonamides is 1. The standard InChI is InChI=1S/C13H20N4O5S/c1-10-4-6-12(7-5-10)23(20,21)14-8-11(2)15-13(18)9-17(19)16-22-3/h4-7,11,14H,8-9H2,1-3H3,(H,15,18)/b17-16-. The molecular weight excluding hydrogens is 324 g/mol. The zero-order chi connectivity index (χ0) is 17.5. The first-order chi connectivity index (χ1) is 10.7. The number of nitrogens with one attached hydrogen (secondary N) is 2. The fraction of sp³-hybridized carbons (Fsp3) is 0.462. The number of aryl methyl sites for hydroxylation is 1. The predicted molar refractivity (Wildman–Crippen MR) is 81.9 cm³/mol. The van der Waals surface area contributed by atoms with Crippen molar-refractivity contribution in [2.24, 2.45) is 5.28 Å². The highest BCUT2D eigenvalue weighted by Crippen LogP contribution is 2.09. The lowest BCUT2D eigenvalue weighted by Crippen LogP contribution is -2.43. The van der Waals surface area contributed by atoms with Crippen LogP contribution in [0.1, 0.15) is 12.5 Å². The molecule has 0 bridgehead atoms. The van der Waals surface area contributed by atoms with Gasteiger partial charge in [-0.15, -0.1) is 0 Å². The molecule has 0 aromatic heterocycles. The van der Waals surface area contributed by atoms with E-state index in [9.17, 15) is 18.4 Å². The van der Waals surface area contributed by atoms with Crippen LogP contribution >= 0.6 is 0 Å². The number of carbonyl (C=O) groups excluding carboxylic acids is 1. The van der Waals surface area contributed by atoms with E-state index >= 15 is 0 Å². The van der Waals surface area contributed by atoms with Gasteiger partial charge in [-0.05, 0) is 30.8 Å². The molecule has 9 nitrogen and oxygen atoms in total. The Morgan fingerprint density at radius 2 is 2.00 bits per heavy atom. The molecule has 0 aliphatic rings. The molecular formula is C13H20N4O5S. The second-order valence-corrected chi connectivity index (χ2v) is 6.67. The van der Waals surface area contributed by atoms with Crippen LogP contribution in [-0.2, 0) is 19.7 Å². The largest absolute Gasteiger partial charge is 0.597 e. The Morgan fingerprint density at radius 1 is 1.39 bits per heavy atom. The molecule has 0 fully saturated rings. The van der Waals surface area contributed by atoms with Gasteiger partial charge in [-0.2, -0.15) is 0 Å². The quantitative estimate of drug-likeness (QED) is 0.399. The van der Waals surface area contributed by atoms with Crippen LogP contribution in [0.4, 0.5) is 0 Å². The molecule has 0 aliphatic carbocycles. The van der Waals surface area contributed by atoms with Gasteiger partial charge in [0.2, 0.25) is 10.0 Å². The lowest BCUT2D eigenvalue weighted by atomic mass is 10.2. The number of amides is 1. The molecule has 1 unspecified atom stereocenters. The molecule has 0 radical (unpaired) electrons. The van der Waals surface area contributed by atoms with Gasteiger partial charge in [-0.25, -0.2) is 13.1 Å². The van der Waals surface area contributed by atoms with Crippen LogP contribution in [0, 0.1) is 12.1 Å². The Morgan fingerprint density at radius 3 is 2.57 bits per heavy atom. The zero-order valence-corrected chi connectivity index (χ0v) is 14.0. The van der Waals surface area contributed by atoms with E-state index in [1.807, 2.05) is 6.92 Å². The van der Waals surface area contributed by atoms with Crippen LogP contribution < -0.4 is 10.0 Å². The average Bonchev–Trinajstić information content (AvgIpc) is 2.45. The number of nitrogens with zero attached hydrogens (tertiary/aromatic N) is 2. The zero-order valence-electron chi connectivity index (χ0n) is 13.1. The van der Waals surface area contributed by atoms with Gasteiger partial charge in [-0.1, -0.05) is 17.7 Å². The maximum Gasteiger partial charge on any atom is 0.289 e. The number of rotatable bonds is 8. The van der Waals surface area contributed by atoms with Gasteiger partial charge >= 0.3 is 0 Å². The third-order valence-electron chi connectivity index (χ3n) is 2.77. The maximum atomic E-state index is 12.1. The number of hydrogen-bond acceptors (Lipinski definition) is 6. The third-order valence-corrected chi connectivity index (χ3v) is 4.21. The predicted octanol–water partition coefficient (Wildman–Crippen LogP) is 0.302. The van der Waals surface area contributed by atoms with Crippen molar-refractivity contribution < 1.29 is 22.9 Å². The van der Waals surface area contributed by atoms with Gasteiger partial charge in [0.1, 0.15) is 7.11 Å². The topological polar surface area (TPSA) is 123 Å². The minimum atomic E-state index is -3.65.